The highest BCUT2D eigenvalue weighted by molar-refractivity contribution is 6.09. The molecule has 1 aromatic heterocycles. The van der Waals surface area contributed by atoms with E-state index in [-0.39, 0.29) is 31.1 Å². The summed E-state index contributed by atoms with van der Waals surface area (Å²) in [7, 11) is 3.91. The zero-order valence-corrected chi connectivity index (χ0v) is 24.7. The van der Waals surface area contributed by atoms with Crippen LogP contribution in [0.2, 0.25) is 0 Å². The number of hydrogen-bond donors (Lipinski definition) is 1. The highest BCUT2D eigenvalue weighted by Gasteiger charge is 2.33. The number of hydrazine groups is 1. The number of carbonyl (C=O) groups is 2. The van der Waals surface area contributed by atoms with Gasteiger partial charge in [-0.3, -0.25) is 9.59 Å². The lowest BCUT2D eigenvalue weighted by Crippen LogP contribution is -2.38. The topological polar surface area (TPSA) is 101 Å². The van der Waals surface area contributed by atoms with Crippen LogP contribution >= 0.6 is 0 Å². The number of rotatable bonds is 10. The van der Waals surface area contributed by atoms with Crippen molar-refractivity contribution in [3.8, 4) is 16.9 Å². The second-order valence-corrected chi connectivity index (χ2v) is 10.9. The number of nitrogen functional groups attached to an aromatic ring is 1. The summed E-state index contributed by atoms with van der Waals surface area (Å²) in [4.78, 5) is 31.8. The van der Waals surface area contributed by atoms with Crippen LogP contribution in [0.5, 0.6) is 5.75 Å². The number of nitrogens with two attached hydrogens (primary N) is 1. The van der Waals surface area contributed by atoms with Crippen molar-refractivity contribution < 1.29 is 23.5 Å². The molecule has 9 nitrogen and oxygen atoms in total. The van der Waals surface area contributed by atoms with E-state index in [2.05, 4.69) is 16.9 Å². The normalized spacial score (nSPS) is 14.8. The van der Waals surface area contributed by atoms with Gasteiger partial charge in [0.05, 0.1) is 12.2 Å². The molecule has 42 heavy (non-hydrogen) atoms. The zero-order chi connectivity index (χ0) is 30.0. The number of esters is 1. The summed E-state index contributed by atoms with van der Waals surface area (Å²) in [6.07, 6.45) is 5.69. The molecule has 2 aromatic carbocycles. The van der Waals surface area contributed by atoms with Crippen LogP contribution in [0.1, 0.15) is 66.9 Å². The summed E-state index contributed by atoms with van der Waals surface area (Å²) in [5, 5.41) is 4.03. The average Bonchev–Trinajstić information content (AvgIpc) is 3.82. The first-order valence-corrected chi connectivity index (χ1v) is 14.4. The molecule has 0 unspecified atom stereocenters. The Hall–Kier alpha value is -4.18. The molecule has 222 valence electrons. The quantitative estimate of drug-likeness (QED) is 0.249. The number of halogens is 1. The molecule has 0 saturated heterocycles. The average molecular weight is 576 g/mol. The van der Waals surface area contributed by atoms with Crippen LogP contribution in [0.4, 0.5) is 21.6 Å². The smallest absolute Gasteiger partial charge is 0.302 e. The van der Waals surface area contributed by atoms with E-state index in [0.717, 1.165) is 48.9 Å². The molecule has 2 aliphatic rings. The fourth-order valence-corrected chi connectivity index (χ4v) is 5.43. The molecule has 10 heteroatoms. The number of amides is 1. The SMILES string of the molecule is CCCCN(C)N(C)c1c(-c2cccc(N3CCOc4cc(C5CC5)cc(F)c4C3=O)c2COC(C)=O)ccnc1N. The Morgan fingerprint density at radius 1 is 1.21 bits per heavy atom. The monoisotopic (exact) mass is 575 g/mol. The summed E-state index contributed by atoms with van der Waals surface area (Å²) in [5.74, 6) is -0.640. The Balaban J connectivity index is 1.62. The summed E-state index contributed by atoms with van der Waals surface area (Å²) >= 11 is 0. The molecule has 1 amide bonds. The van der Waals surface area contributed by atoms with Crippen molar-refractivity contribution in [2.24, 2.45) is 0 Å². The van der Waals surface area contributed by atoms with E-state index in [0.29, 0.717) is 28.7 Å². The molecule has 1 fully saturated rings. The fourth-order valence-electron chi connectivity index (χ4n) is 5.43. The molecule has 0 bridgehead atoms. The summed E-state index contributed by atoms with van der Waals surface area (Å²) in [6.45, 7) is 4.56. The van der Waals surface area contributed by atoms with Crippen molar-refractivity contribution in [3.05, 3.63) is 65.1 Å². The van der Waals surface area contributed by atoms with Gasteiger partial charge in [-0.2, -0.15) is 0 Å². The van der Waals surface area contributed by atoms with Crippen molar-refractivity contribution in [1.29, 1.82) is 0 Å². The lowest BCUT2D eigenvalue weighted by molar-refractivity contribution is -0.142. The Bertz CT molecular complexity index is 1490. The van der Waals surface area contributed by atoms with Gasteiger partial charge in [-0.15, -0.1) is 0 Å². The van der Waals surface area contributed by atoms with E-state index >= 15 is 4.39 Å². The first-order chi connectivity index (χ1) is 20.2. The Morgan fingerprint density at radius 2 is 2.00 bits per heavy atom. The number of unbranched alkanes of at least 4 members (excludes halogenated alkanes) is 1. The maximum Gasteiger partial charge on any atom is 0.302 e. The number of hydrogen-bond acceptors (Lipinski definition) is 8. The molecular weight excluding hydrogens is 537 g/mol. The van der Waals surface area contributed by atoms with E-state index in [4.69, 9.17) is 15.2 Å². The van der Waals surface area contributed by atoms with Crippen LogP contribution in [0.15, 0.2) is 42.6 Å². The zero-order valence-electron chi connectivity index (χ0n) is 24.7. The van der Waals surface area contributed by atoms with Crippen LogP contribution in [-0.4, -0.2) is 55.7 Å². The number of nitrogens with zero attached hydrogens (tertiary/aromatic N) is 4. The summed E-state index contributed by atoms with van der Waals surface area (Å²) < 4.78 is 26.9. The molecule has 2 N–H and O–H groups in total. The number of anilines is 3. The predicted octanol–water partition coefficient (Wildman–Crippen LogP) is 5.53. The Kier molecular flexibility index (Phi) is 8.63. The Morgan fingerprint density at radius 3 is 2.71 bits per heavy atom. The molecule has 0 radical (unpaired) electrons. The van der Waals surface area contributed by atoms with Crippen LogP contribution in [0.25, 0.3) is 11.1 Å². The van der Waals surface area contributed by atoms with Crippen molar-refractivity contribution in [3.63, 3.8) is 0 Å². The van der Waals surface area contributed by atoms with Gasteiger partial charge in [-0.1, -0.05) is 25.5 Å². The molecule has 0 spiro atoms. The maximum atomic E-state index is 15.5. The van der Waals surface area contributed by atoms with Crippen molar-refractivity contribution in [2.75, 3.05) is 49.4 Å². The van der Waals surface area contributed by atoms with Crippen molar-refractivity contribution in [1.82, 2.24) is 9.99 Å². The van der Waals surface area contributed by atoms with Crippen molar-refractivity contribution >= 4 is 29.1 Å². The lowest BCUT2D eigenvalue weighted by Gasteiger charge is -2.33. The predicted molar refractivity (Wildman–Crippen MR) is 161 cm³/mol. The second-order valence-electron chi connectivity index (χ2n) is 10.9. The van der Waals surface area contributed by atoms with Gasteiger partial charge in [0.15, 0.2) is 0 Å². The number of fused-ring (bicyclic) bond motifs is 1. The molecule has 5 rings (SSSR count). The molecule has 0 atom stereocenters. The van der Waals surface area contributed by atoms with Gasteiger partial charge in [-0.05, 0) is 60.6 Å². The molecule has 1 aliphatic heterocycles. The number of aromatic nitrogens is 1. The third-order valence-corrected chi connectivity index (χ3v) is 7.93. The second kappa shape index (κ2) is 12.4. The Labute approximate surface area is 246 Å². The van der Waals surface area contributed by atoms with Gasteiger partial charge >= 0.3 is 5.97 Å². The van der Waals surface area contributed by atoms with Crippen LogP contribution < -0.4 is 20.4 Å². The first kappa shape index (κ1) is 29.3. The van der Waals surface area contributed by atoms with Crippen LogP contribution in [-0.2, 0) is 16.1 Å². The van der Waals surface area contributed by atoms with Gasteiger partial charge in [0.1, 0.15) is 41.8 Å². The number of pyridine rings is 1. The van der Waals surface area contributed by atoms with Gasteiger partial charge in [0, 0.05) is 44.9 Å². The molecule has 1 aliphatic carbocycles. The highest BCUT2D eigenvalue weighted by Crippen LogP contribution is 2.44. The van der Waals surface area contributed by atoms with E-state index < -0.39 is 17.7 Å². The standard InChI is InChI=1S/C32H38FN5O4/c1-5-6-14-36(3)37(4)30-24(12-13-35-31(30)34)23-8-7-9-27(25(23)19-42-20(2)39)38-15-16-41-28-18-22(21-10-11-21)17-26(33)29(28)32(38)40/h7-9,12-13,17-18,21H,5-6,10-11,14-16,19H2,1-4H3,(H2,34,35). The minimum Gasteiger partial charge on any atom is -0.491 e. The van der Waals surface area contributed by atoms with E-state index in [1.807, 2.05) is 37.3 Å². The third-order valence-electron chi connectivity index (χ3n) is 7.93. The highest BCUT2D eigenvalue weighted by atomic mass is 19.1. The van der Waals surface area contributed by atoms with E-state index in [1.165, 1.54) is 17.9 Å². The summed E-state index contributed by atoms with van der Waals surface area (Å²) in [6, 6.07) is 10.6. The van der Waals surface area contributed by atoms with Crippen molar-refractivity contribution in [2.45, 2.75) is 52.1 Å². The van der Waals surface area contributed by atoms with Crippen LogP contribution in [0.3, 0.4) is 0 Å². The molecule has 1 saturated carbocycles. The third kappa shape index (κ3) is 5.90. The van der Waals surface area contributed by atoms with Gasteiger partial charge in [0.25, 0.3) is 5.91 Å². The molecule has 2 heterocycles. The minimum absolute atomic E-state index is 0.0909. The number of carbonyl (C=O) groups excluding carboxylic acids is 2. The van der Waals surface area contributed by atoms with Gasteiger partial charge in [0.2, 0.25) is 0 Å². The van der Waals surface area contributed by atoms with E-state index in [1.54, 1.807) is 18.3 Å². The molecule has 3 aromatic rings. The maximum absolute atomic E-state index is 15.5. The summed E-state index contributed by atoms with van der Waals surface area (Å²) in [5.41, 5.74) is 10.5. The number of ether oxygens (including phenoxy) is 2. The lowest BCUT2D eigenvalue weighted by atomic mass is 9.96. The van der Waals surface area contributed by atoms with Gasteiger partial charge < -0.3 is 25.1 Å². The number of benzene rings is 2. The fraction of sp³-hybridized carbons (Fsp3) is 0.406. The van der Waals surface area contributed by atoms with E-state index in [9.17, 15) is 9.59 Å². The largest absolute Gasteiger partial charge is 0.491 e. The van der Waals surface area contributed by atoms with Crippen LogP contribution in [0, 0.1) is 5.82 Å². The minimum atomic E-state index is -0.593. The molecular formula is C32H38FN5O4. The van der Waals surface area contributed by atoms with Gasteiger partial charge in [-0.25, -0.2) is 14.4 Å². The first-order valence-electron chi connectivity index (χ1n) is 14.4.